The summed E-state index contributed by atoms with van der Waals surface area (Å²) in [6.07, 6.45) is 0.798. The maximum Gasteiger partial charge on any atom is 0.0228 e. The van der Waals surface area contributed by atoms with Crippen molar-refractivity contribution >= 4 is 63.7 Å². The van der Waals surface area contributed by atoms with Gasteiger partial charge in [-0.3, -0.25) is 0 Å². The minimum Gasteiger partial charge on any atom is -0.0622 e. The molecule has 0 radical (unpaired) electrons. The van der Waals surface area contributed by atoms with E-state index in [4.69, 9.17) is 0 Å². The van der Waals surface area contributed by atoms with E-state index < -0.39 is 0 Å². The lowest BCUT2D eigenvalue weighted by atomic mass is 9.98. The van der Waals surface area contributed by atoms with Gasteiger partial charge in [0.1, 0.15) is 0 Å². The van der Waals surface area contributed by atoms with Crippen LogP contribution in [0.25, 0.3) is 22.3 Å². The molecule has 0 aromatic heterocycles. The minimum atomic E-state index is 0.798. The van der Waals surface area contributed by atoms with Crippen LogP contribution in [0, 0.1) is 0 Å². The number of rotatable bonds is 4. The first-order chi connectivity index (χ1) is 14.0. The quantitative estimate of drug-likeness (QED) is 0.209. The molecular weight excluding hydrogens is 620 g/mol. The van der Waals surface area contributed by atoms with Crippen molar-refractivity contribution in [2.24, 2.45) is 0 Å². The van der Waals surface area contributed by atoms with Gasteiger partial charge in [-0.25, -0.2) is 0 Å². The second kappa shape index (κ2) is 9.30. The lowest BCUT2D eigenvalue weighted by Crippen LogP contribution is -1.96. The van der Waals surface area contributed by atoms with E-state index in [-0.39, 0.29) is 0 Å². The van der Waals surface area contributed by atoms with Gasteiger partial charge >= 0.3 is 0 Å². The zero-order valence-electron chi connectivity index (χ0n) is 15.3. The summed E-state index contributed by atoms with van der Waals surface area (Å²) in [6.45, 7) is 0. The molecule has 0 fully saturated rings. The highest BCUT2D eigenvalue weighted by atomic mass is 79.9. The third kappa shape index (κ3) is 4.77. The van der Waals surface area contributed by atoms with Crippen molar-refractivity contribution < 1.29 is 0 Å². The van der Waals surface area contributed by atoms with E-state index in [1.54, 1.807) is 0 Å². The maximum absolute atomic E-state index is 3.79. The van der Waals surface area contributed by atoms with Gasteiger partial charge in [0.25, 0.3) is 0 Å². The zero-order chi connectivity index (χ0) is 20.4. The van der Waals surface area contributed by atoms with Gasteiger partial charge in [-0.2, -0.15) is 0 Å². The minimum absolute atomic E-state index is 0.798. The zero-order valence-corrected chi connectivity index (χ0v) is 21.6. The van der Waals surface area contributed by atoms with Crippen LogP contribution in [-0.2, 0) is 6.42 Å². The Hall–Kier alpha value is -1.20. The molecule has 0 aliphatic heterocycles. The molecule has 0 N–H and O–H groups in total. The van der Waals surface area contributed by atoms with Crippen LogP contribution in [0.1, 0.15) is 11.1 Å². The molecule has 0 saturated heterocycles. The Bertz CT molecular complexity index is 1010. The highest BCUT2D eigenvalue weighted by molar-refractivity contribution is 9.11. The van der Waals surface area contributed by atoms with E-state index in [0.29, 0.717) is 0 Å². The molecule has 0 heterocycles. The average Bonchev–Trinajstić information content (AvgIpc) is 2.73. The predicted octanol–water partition coefficient (Wildman–Crippen LogP) is 9.66. The first kappa shape index (κ1) is 21.0. The van der Waals surface area contributed by atoms with Crippen LogP contribution in [0.5, 0.6) is 0 Å². The lowest BCUT2D eigenvalue weighted by Gasteiger charge is -2.15. The third-order valence-corrected chi connectivity index (χ3v) is 7.68. The molecule has 0 unspecified atom stereocenters. The van der Waals surface area contributed by atoms with Crippen LogP contribution < -0.4 is 0 Å². The normalized spacial score (nSPS) is 10.9. The maximum atomic E-state index is 3.79. The molecular formula is C25H16Br4. The number of hydrogen-bond acceptors (Lipinski definition) is 0. The molecule has 0 bridgehead atoms. The molecule has 0 nitrogen and oxygen atoms in total. The van der Waals surface area contributed by atoms with Gasteiger partial charge in [-0.15, -0.1) is 0 Å². The molecule has 0 amide bonds. The molecule has 4 heteroatoms. The predicted molar refractivity (Wildman–Crippen MR) is 137 cm³/mol. The van der Waals surface area contributed by atoms with E-state index in [1.165, 1.54) is 33.4 Å². The van der Waals surface area contributed by atoms with Crippen LogP contribution in [-0.4, -0.2) is 0 Å². The Labute approximate surface area is 204 Å². The topological polar surface area (TPSA) is 0 Å². The Kier molecular flexibility index (Phi) is 6.75. The van der Waals surface area contributed by atoms with Crippen LogP contribution >= 0.6 is 63.7 Å². The SMILES string of the molecule is Brc1cc(-c2ccccc2)cc(Br)c1Cc1c(Br)cc(-c2ccccc2)cc1Br. The molecule has 0 atom stereocenters. The van der Waals surface area contributed by atoms with E-state index in [0.717, 1.165) is 24.3 Å². The first-order valence-electron chi connectivity index (χ1n) is 9.09. The largest absolute Gasteiger partial charge is 0.0622 e. The molecule has 144 valence electrons. The van der Waals surface area contributed by atoms with E-state index >= 15 is 0 Å². The molecule has 0 spiro atoms. The first-order valence-corrected chi connectivity index (χ1v) is 12.3. The fourth-order valence-electron chi connectivity index (χ4n) is 3.32. The van der Waals surface area contributed by atoms with Gasteiger partial charge in [-0.1, -0.05) is 124 Å². The fourth-order valence-corrected chi connectivity index (χ4v) is 6.25. The van der Waals surface area contributed by atoms with Crippen molar-refractivity contribution in [2.45, 2.75) is 6.42 Å². The summed E-state index contributed by atoms with van der Waals surface area (Å²) >= 11 is 15.2. The summed E-state index contributed by atoms with van der Waals surface area (Å²) in [4.78, 5) is 0. The van der Waals surface area contributed by atoms with E-state index in [1.807, 2.05) is 12.1 Å². The van der Waals surface area contributed by atoms with E-state index in [9.17, 15) is 0 Å². The Balaban J connectivity index is 1.69. The molecule has 4 aromatic rings. The number of benzene rings is 4. The molecule has 0 aliphatic rings. The second-order valence-corrected chi connectivity index (χ2v) is 10.2. The van der Waals surface area contributed by atoms with Crippen molar-refractivity contribution in [3.05, 3.63) is 114 Å². The summed E-state index contributed by atoms with van der Waals surface area (Å²) in [5.74, 6) is 0. The summed E-state index contributed by atoms with van der Waals surface area (Å²) < 4.78 is 4.38. The second-order valence-electron chi connectivity index (χ2n) is 6.75. The van der Waals surface area contributed by atoms with Gasteiger partial charge < -0.3 is 0 Å². The van der Waals surface area contributed by atoms with Gasteiger partial charge in [-0.05, 0) is 57.6 Å². The highest BCUT2D eigenvalue weighted by Crippen LogP contribution is 2.38. The van der Waals surface area contributed by atoms with E-state index in [2.05, 4.69) is 137 Å². The Morgan fingerprint density at radius 3 is 1.03 bits per heavy atom. The summed E-state index contributed by atoms with van der Waals surface area (Å²) in [7, 11) is 0. The summed E-state index contributed by atoms with van der Waals surface area (Å²) in [5.41, 5.74) is 7.22. The summed E-state index contributed by atoms with van der Waals surface area (Å²) in [5, 5.41) is 0. The number of halogens is 4. The molecule has 29 heavy (non-hydrogen) atoms. The van der Waals surface area contributed by atoms with Crippen molar-refractivity contribution in [3.63, 3.8) is 0 Å². The van der Waals surface area contributed by atoms with Crippen molar-refractivity contribution in [1.82, 2.24) is 0 Å². The van der Waals surface area contributed by atoms with Crippen molar-refractivity contribution in [1.29, 1.82) is 0 Å². The lowest BCUT2D eigenvalue weighted by molar-refractivity contribution is 1.14. The van der Waals surface area contributed by atoms with Gasteiger partial charge in [0, 0.05) is 24.3 Å². The van der Waals surface area contributed by atoms with Crippen LogP contribution in [0.4, 0.5) is 0 Å². The van der Waals surface area contributed by atoms with Crippen molar-refractivity contribution in [3.8, 4) is 22.3 Å². The smallest absolute Gasteiger partial charge is 0.0228 e. The Morgan fingerprint density at radius 2 is 0.724 bits per heavy atom. The van der Waals surface area contributed by atoms with Gasteiger partial charge in [0.2, 0.25) is 0 Å². The third-order valence-electron chi connectivity index (χ3n) is 4.85. The average molecular weight is 636 g/mol. The monoisotopic (exact) mass is 632 g/mol. The Morgan fingerprint density at radius 1 is 0.414 bits per heavy atom. The van der Waals surface area contributed by atoms with Gasteiger partial charge in [0.15, 0.2) is 0 Å². The highest BCUT2D eigenvalue weighted by Gasteiger charge is 2.15. The summed E-state index contributed by atoms with van der Waals surface area (Å²) in [6, 6.07) is 29.6. The van der Waals surface area contributed by atoms with Crippen LogP contribution in [0.15, 0.2) is 103 Å². The van der Waals surface area contributed by atoms with Gasteiger partial charge in [0.05, 0.1) is 0 Å². The molecule has 0 aliphatic carbocycles. The molecule has 0 saturated carbocycles. The number of hydrogen-bond donors (Lipinski definition) is 0. The fraction of sp³-hybridized carbons (Fsp3) is 0.0400. The molecule has 4 aromatic carbocycles. The standard InChI is InChI=1S/C25H16Br4/c26-22-11-18(16-7-3-1-4-8-16)12-23(27)20(22)15-21-24(28)13-19(14-25(21)29)17-9-5-2-6-10-17/h1-14H,15H2. The van der Waals surface area contributed by atoms with Crippen LogP contribution in [0.2, 0.25) is 0 Å². The molecule has 4 rings (SSSR count). The van der Waals surface area contributed by atoms with Crippen molar-refractivity contribution in [2.75, 3.05) is 0 Å². The van der Waals surface area contributed by atoms with Crippen LogP contribution in [0.3, 0.4) is 0 Å².